The molecule has 0 fully saturated rings. The van der Waals surface area contributed by atoms with E-state index < -0.39 is 27.8 Å². The van der Waals surface area contributed by atoms with Gasteiger partial charge in [-0.05, 0) is 12.0 Å². The number of nitro groups is 1. The van der Waals surface area contributed by atoms with Crippen molar-refractivity contribution < 1.29 is 13.7 Å². The van der Waals surface area contributed by atoms with Gasteiger partial charge in [0.25, 0.3) is 0 Å². The molecule has 1 N–H and O–H groups in total. The SMILES string of the molecule is CC(C)CNc1nc(-c2c(F)ccc([N+](=O)[O-])c2F)ns1. The van der Waals surface area contributed by atoms with Crippen molar-refractivity contribution in [2.45, 2.75) is 13.8 Å². The maximum absolute atomic E-state index is 14.0. The molecule has 2 aromatic rings. The van der Waals surface area contributed by atoms with E-state index in [4.69, 9.17) is 0 Å². The van der Waals surface area contributed by atoms with E-state index >= 15 is 0 Å². The first-order chi connectivity index (χ1) is 9.90. The van der Waals surface area contributed by atoms with Crippen molar-refractivity contribution in [3.8, 4) is 11.4 Å². The van der Waals surface area contributed by atoms with Crippen molar-refractivity contribution in [1.82, 2.24) is 9.36 Å². The first kappa shape index (κ1) is 15.2. The van der Waals surface area contributed by atoms with Crippen LogP contribution in [0.25, 0.3) is 11.4 Å². The van der Waals surface area contributed by atoms with Crippen LogP contribution in [0.1, 0.15) is 13.8 Å². The van der Waals surface area contributed by atoms with Gasteiger partial charge in [0.05, 0.1) is 10.5 Å². The van der Waals surface area contributed by atoms with Crippen LogP contribution >= 0.6 is 11.5 Å². The fourth-order valence-electron chi connectivity index (χ4n) is 1.58. The minimum absolute atomic E-state index is 0.204. The molecule has 1 aromatic heterocycles. The van der Waals surface area contributed by atoms with Crippen molar-refractivity contribution in [3.05, 3.63) is 33.9 Å². The zero-order chi connectivity index (χ0) is 15.6. The average Bonchev–Trinajstić information content (AvgIpc) is 2.84. The fraction of sp³-hybridized carbons (Fsp3) is 0.333. The smallest absolute Gasteiger partial charge is 0.305 e. The first-order valence-electron chi connectivity index (χ1n) is 6.10. The molecule has 1 heterocycles. The third kappa shape index (κ3) is 3.30. The lowest BCUT2D eigenvalue weighted by atomic mass is 10.1. The number of rotatable bonds is 5. The predicted molar refractivity (Wildman–Crippen MR) is 75.2 cm³/mol. The summed E-state index contributed by atoms with van der Waals surface area (Å²) in [5, 5.41) is 14.1. The lowest BCUT2D eigenvalue weighted by molar-refractivity contribution is -0.387. The molecular weight excluding hydrogens is 302 g/mol. The van der Waals surface area contributed by atoms with Gasteiger partial charge in [0.1, 0.15) is 5.82 Å². The Labute approximate surface area is 123 Å². The summed E-state index contributed by atoms with van der Waals surface area (Å²) in [4.78, 5) is 13.7. The van der Waals surface area contributed by atoms with Crippen LogP contribution in [0.15, 0.2) is 12.1 Å². The van der Waals surface area contributed by atoms with Crippen molar-refractivity contribution in [3.63, 3.8) is 0 Å². The minimum atomic E-state index is -1.27. The Hall–Kier alpha value is -2.16. The molecule has 112 valence electrons. The van der Waals surface area contributed by atoms with Crippen molar-refractivity contribution >= 4 is 22.4 Å². The fourth-order valence-corrected chi connectivity index (χ4v) is 2.16. The van der Waals surface area contributed by atoms with Crippen LogP contribution in [-0.2, 0) is 0 Å². The molecule has 0 radical (unpaired) electrons. The zero-order valence-corrected chi connectivity index (χ0v) is 12.1. The Bertz CT molecular complexity index is 675. The lowest BCUT2D eigenvalue weighted by Crippen LogP contribution is -2.07. The molecular formula is C12H12F2N4O2S. The average molecular weight is 314 g/mol. The molecule has 0 aliphatic rings. The van der Waals surface area contributed by atoms with E-state index in [9.17, 15) is 18.9 Å². The monoisotopic (exact) mass is 314 g/mol. The number of hydrogen-bond donors (Lipinski definition) is 1. The normalized spacial score (nSPS) is 10.9. The number of halogens is 2. The van der Waals surface area contributed by atoms with Gasteiger partial charge in [-0.2, -0.15) is 13.7 Å². The number of nitrogens with one attached hydrogen (secondary N) is 1. The standard InChI is InChI=1S/C12H12F2N4O2S/c1-6(2)5-15-12-16-11(17-21-12)9-7(13)3-4-8(10(9)14)18(19)20/h3-4,6H,5H2,1-2H3,(H,15,16,17). The van der Waals surface area contributed by atoms with Gasteiger partial charge in [-0.1, -0.05) is 13.8 Å². The summed E-state index contributed by atoms with van der Waals surface area (Å²) in [5.74, 6) is -2.05. The highest BCUT2D eigenvalue weighted by Gasteiger charge is 2.25. The molecule has 21 heavy (non-hydrogen) atoms. The Morgan fingerprint density at radius 2 is 2.14 bits per heavy atom. The molecule has 0 spiro atoms. The second-order valence-corrected chi connectivity index (χ2v) is 5.46. The summed E-state index contributed by atoms with van der Waals surface area (Å²) in [7, 11) is 0. The number of nitrogens with zero attached hydrogens (tertiary/aromatic N) is 3. The number of anilines is 1. The first-order valence-corrected chi connectivity index (χ1v) is 6.87. The van der Waals surface area contributed by atoms with Gasteiger partial charge in [0.2, 0.25) is 10.9 Å². The van der Waals surface area contributed by atoms with Crippen molar-refractivity contribution in [1.29, 1.82) is 0 Å². The molecule has 2 rings (SSSR count). The Kier molecular flexibility index (Phi) is 4.41. The van der Waals surface area contributed by atoms with E-state index in [1.54, 1.807) is 0 Å². The van der Waals surface area contributed by atoms with Gasteiger partial charge in [-0.3, -0.25) is 10.1 Å². The summed E-state index contributed by atoms with van der Waals surface area (Å²) >= 11 is 0.943. The summed E-state index contributed by atoms with van der Waals surface area (Å²) in [5.41, 5.74) is -1.39. The molecule has 0 bridgehead atoms. The van der Waals surface area contributed by atoms with E-state index in [0.717, 1.165) is 23.7 Å². The number of benzene rings is 1. The summed E-state index contributed by atoms with van der Waals surface area (Å²) in [6.45, 7) is 4.62. The van der Waals surface area contributed by atoms with Gasteiger partial charge in [0, 0.05) is 24.1 Å². The maximum Gasteiger partial charge on any atom is 0.305 e. The van der Waals surface area contributed by atoms with Crippen LogP contribution in [0.4, 0.5) is 19.6 Å². The second kappa shape index (κ2) is 6.08. The van der Waals surface area contributed by atoms with E-state index in [1.807, 2.05) is 13.8 Å². The Morgan fingerprint density at radius 1 is 1.43 bits per heavy atom. The molecule has 0 saturated carbocycles. The Morgan fingerprint density at radius 3 is 2.76 bits per heavy atom. The van der Waals surface area contributed by atoms with Crippen LogP contribution in [0.5, 0.6) is 0 Å². The topological polar surface area (TPSA) is 81.0 Å². The van der Waals surface area contributed by atoms with Crippen LogP contribution < -0.4 is 5.32 Å². The number of aromatic nitrogens is 2. The maximum atomic E-state index is 14.0. The van der Waals surface area contributed by atoms with Crippen molar-refractivity contribution in [2.24, 2.45) is 5.92 Å². The van der Waals surface area contributed by atoms with Gasteiger partial charge >= 0.3 is 5.69 Å². The molecule has 1 aromatic carbocycles. The predicted octanol–water partition coefficient (Wildman–Crippen LogP) is 3.46. The molecule has 0 unspecified atom stereocenters. The van der Waals surface area contributed by atoms with E-state index in [-0.39, 0.29) is 5.82 Å². The van der Waals surface area contributed by atoms with Crippen LogP contribution in [-0.4, -0.2) is 20.8 Å². The van der Waals surface area contributed by atoms with Gasteiger partial charge in [0.15, 0.2) is 5.82 Å². The van der Waals surface area contributed by atoms with E-state index in [2.05, 4.69) is 14.7 Å². The van der Waals surface area contributed by atoms with E-state index in [0.29, 0.717) is 17.6 Å². The zero-order valence-electron chi connectivity index (χ0n) is 11.3. The van der Waals surface area contributed by atoms with Gasteiger partial charge in [-0.15, -0.1) is 0 Å². The number of hydrogen-bond acceptors (Lipinski definition) is 6. The lowest BCUT2D eigenvalue weighted by Gasteiger charge is -2.04. The summed E-state index contributed by atoms with van der Waals surface area (Å²) < 4.78 is 31.6. The molecule has 6 nitrogen and oxygen atoms in total. The molecule has 0 amide bonds. The highest BCUT2D eigenvalue weighted by molar-refractivity contribution is 7.09. The van der Waals surface area contributed by atoms with Crippen LogP contribution in [0.2, 0.25) is 0 Å². The highest BCUT2D eigenvalue weighted by Crippen LogP contribution is 2.31. The second-order valence-electron chi connectivity index (χ2n) is 4.71. The van der Waals surface area contributed by atoms with Crippen LogP contribution in [0.3, 0.4) is 0 Å². The molecule has 0 saturated heterocycles. The molecule has 9 heteroatoms. The molecule has 0 aliphatic carbocycles. The number of nitro benzene ring substituents is 1. The van der Waals surface area contributed by atoms with Crippen LogP contribution in [0, 0.1) is 27.7 Å². The highest BCUT2D eigenvalue weighted by atomic mass is 32.1. The summed E-state index contributed by atoms with van der Waals surface area (Å²) in [6.07, 6.45) is 0. The van der Waals surface area contributed by atoms with E-state index in [1.165, 1.54) is 0 Å². The van der Waals surface area contributed by atoms with Gasteiger partial charge in [-0.25, -0.2) is 4.39 Å². The Balaban J connectivity index is 2.38. The summed E-state index contributed by atoms with van der Waals surface area (Å²) in [6, 6.07) is 1.61. The molecule has 0 atom stereocenters. The van der Waals surface area contributed by atoms with Crippen molar-refractivity contribution in [2.75, 3.05) is 11.9 Å². The minimum Gasteiger partial charge on any atom is -0.360 e. The third-order valence-electron chi connectivity index (χ3n) is 2.58. The quantitative estimate of drug-likeness (QED) is 0.675. The molecule has 0 aliphatic heterocycles. The largest absolute Gasteiger partial charge is 0.360 e. The van der Waals surface area contributed by atoms with Gasteiger partial charge < -0.3 is 5.32 Å². The third-order valence-corrected chi connectivity index (χ3v) is 3.25.